The number of allylic oxidation sites excluding steroid dienone is 2. The van der Waals surface area contributed by atoms with E-state index in [0.29, 0.717) is 11.4 Å². The minimum Gasteiger partial charge on any atom is -0.395 e. The smallest absolute Gasteiger partial charge is 0.395 e. The lowest BCUT2D eigenvalue weighted by Crippen LogP contribution is -2.20. The Morgan fingerprint density at radius 1 is 1.25 bits per heavy atom. The Morgan fingerprint density at radius 2 is 1.80 bits per heavy atom. The van der Waals surface area contributed by atoms with Gasteiger partial charge in [0.1, 0.15) is 5.70 Å². The first-order chi connectivity index (χ1) is 9.18. The Balaban J connectivity index is 2.86. The zero-order valence-corrected chi connectivity index (χ0v) is 11.0. The number of amides is 1. The molecule has 0 spiro atoms. The van der Waals surface area contributed by atoms with Gasteiger partial charge in [0, 0.05) is 18.3 Å². The maximum atomic E-state index is 12.2. The Hall–Kier alpha value is -2.31. The van der Waals surface area contributed by atoms with E-state index in [1.54, 1.807) is 24.3 Å². The standard InChI is InChI=1S/C13H14F3N3O/c1-8(7-12(17)13(14,15)16)18-10-3-5-11(6-4-10)19-9(2)20/h3-7H,17H2,1-2H3,(H,19,20). The molecule has 3 N–H and O–H groups in total. The van der Waals surface area contributed by atoms with Crippen molar-refractivity contribution < 1.29 is 18.0 Å². The van der Waals surface area contributed by atoms with Crippen LogP contribution in [0.1, 0.15) is 13.8 Å². The third-order valence-corrected chi connectivity index (χ3v) is 2.18. The van der Waals surface area contributed by atoms with Crippen molar-refractivity contribution in [3.63, 3.8) is 0 Å². The molecular weight excluding hydrogens is 271 g/mol. The maximum Gasteiger partial charge on any atom is 0.430 e. The maximum absolute atomic E-state index is 12.2. The Morgan fingerprint density at radius 3 is 2.25 bits per heavy atom. The number of hydrogen-bond acceptors (Lipinski definition) is 3. The minimum atomic E-state index is -4.56. The molecule has 0 unspecified atom stereocenters. The average molecular weight is 285 g/mol. The van der Waals surface area contributed by atoms with E-state index in [1.165, 1.54) is 13.8 Å². The number of anilines is 1. The molecule has 0 saturated heterocycles. The minimum absolute atomic E-state index is 0.132. The quantitative estimate of drug-likeness (QED) is 0.838. The lowest BCUT2D eigenvalue weighted by molar-refractivity contribution is -0.114. The molecule has 0 aliphatic heterocycles. The van der Waals surface area contributed by atoms with E-state index >= 15 is 0 Å². The summed E-state index contributed by atoms with van der Waals surface area (Å²) in [5.74, 6) is -0.210. The van der Waals surface area contributed by atoms with Crippen molar-refractivity contribution in [3.05, 3.63) is 36.0 Å². The highest BCUT2D eigenvalue weighted by Gasteiger charge is 2.31. The van der Waals surface area contributed by atoms with Crippen LogP contribution in [0.3, 0.4) is 0 Å². The Bertz CT molecular complexity index is 545. The van der Waals surface area contributed by atoms with E-state index in [4.69, 9.17) is 5.73 Å². The Labute approximate surface area is 114 Å². The average Bonchev–Trinajstić information content (AvgIpc) is 2.29. The number of carbonyl (C=O) groups is 1. The van der Waals surface area contributed by atoms with Gasteiger partial charge >= 0.3 is 6.18 Å². The lowest BCUT2D eigenvalue weighted by Gasteiger charge is -2.06. The summed E-state index contributed by atoms with van der Waals surface area (Å²) in [4.78, 5) is 14.8. The molecule has 108 valence electrons. The number of aliphatic imine (C=N–C) groups is 1. The molecule has 7 heteroatoms. The van der Waals surface area contributed by atoms with Crippen LogP contribution in [0.15, 0.2) is 41.0 Å². The Kier molecular flexibility index (Phi) is 4.90. The molecule has 1 aromatic rings. The molecule has 1 aromatic carbocycles. The van der Waals surface area contributed by atoms with Crippen LogP contribution in [0.4, 0.5) is 24.5 Å². The third-order valence-electron chi connectivity index (χ3n) is 2.18. The summed E-state index contributed by atoms with van der Waals surface area (Å²) >= 11 is 0. The second-order valence-corrected chi connectivity index (χ2v) is 4.08. The van der Waals surface area contributed by atoms with Crippen LogP contribution >= 0.6 is 0 Å². The summed E-state index contributed by atoms with van der Waals surface area (Å²) in [5, 5.41) is 2.57. The van der Waals surface area contributed by atoms with Crippen molar-refractivity contribution in [2.75, 3.05) is 5.32 Å². The lowest BCUT2D eigenvalue weighted by atomic mass is 10.2. The van der Waals surface area contributed by atoms with Crippen molar-refractivity contribution in [2.24, 2.45) is 10.7 Å². The van der Waals surface area contributed by atoms with Gasteiger partial charge in [0.2, 0.25) is 5.91 Å². The first kappa shape index (κ1) is 15.7. The number of hydrogen-bond donors (Lipinski definition) is 2. The van der Waals surface area contributed by atoms with Gasteiger partial charge in [-0.1, -0.05) is 0 Å². The van der Waals surface area contributed by atoms with E-state index in [0.717, 1.165) is 6.08 Å². The van der Waals surface area contributed by atoms with Gasteiger partial charge in [-0.05, 0) is 37.3 Å². The number of nitrogens with one attached hydrogen (secondary N) is 1. The predicted molar refractivity (Wildman–Crippen MR) is 71.8 cm³/mol. The fourth-order valence-corrected chi connectivity index (χ4v) is 1.37. The van der Waals surface area contributed by atoms with Crippen molar-refractivity contribution >= 4 is 23.0 Å². The monoisotopic (exact) mass is 285 g/mol. The fraction of sp³-hybridized carbons (Fsp3) is 0.231. The first-order valence-electron chi connectivity index (χ1n) is 5.66. The molecule has 4 nitrogen and oxygen atoms in total. The van der Waals surface area contributed by atoms with E-state index in [9.17, 15) is 18.0 Å². The number of alkyl halides is 3. The van der Waals surface area contributed by atoms with Gasteiger partial charge in [0.15, 0.2) is 0 Å². The van der Waals surface area contributed by atoms with Gasteiger partial charge in [-0.25, -0.2) is 0 Å². The highest BCUT2D eigenvalue weighted by atomic mass is 19.4. The number of rotatable bonds is 3. The summed E-state index contributed by atoms with van der Waals surface area (Å²) in [5.41, 5.74) is 4.87. The van der Waals surface area contributed by atoms with Crippen molar-refractivity contribution in [3.8, 4) is 0 Å². The molecule has 1 rings (SSSR count). The van der Waals surface area contributed by atoms with Gasteiger partial charge in [0.25, 0.3) is 0 Å². The van der Waals surface area contributed by atoms with Gasteiger partial charge in [-0.3, -0.25) is 9.79 Å². The van der Waals surface area contributed by atoms with Crippen LogP contribution < -0.4 is 11.1 Å². The van der Waals surface area contributed by atoms with Crippen LogP contribution in [-0.4, -0.2) is 17.8 Å². The molecule has 0 radical (unpaired) electrons. The zero-order chi connectivity index (χ0) is 15.3. The summed E-state index contributed by atoms with van der Waals surface area (Å²) in [7, 11) is 0. The second kappa shape index (κ2) is 6.23. The third kappa shape index (κ3) is 5.13. The van der Waals surface area contributed by atoms with Crippen molar-refractivity contribution in [1.29, 1.82) is 0 Å². The van der Waals surface area contributed by atoms with Gasteiger partial charge in [0.05, 0.1) is 5.69 Å². The molecule has 1 amide bonds. The van der Waals surface area contributed by atoms with E-state index in [1.807, 2.05) is 0 Å². The van der Waals surface area contributed by atoms with Gasteiger partial charge < -0.3 is 11.1 Å². The van der Waals surface area contributed by atoms with Crippen LogP contribution in [0.25, 0.3) is 0 Å². The van der Waals surface area contributed by atoms with Gasteiger partial charge in [-0.15, -0.1) is 0 Å². The van der Waals surface area contributed by atoms with E-state index in [2.05, 4.69) is 10.3 Å². The summed E-state index contributed by atoms with van der Waals surface area (Å²) < 4.78 is 36.7. The van der Waals surface area contributed by atoms with Gasteiger partial charge in [-0.2, -0.15) is 13.2 Å². The van der Waals surface area contributed by atoms with Crippen LogP contribution in [0.2, 0.25) is 0 Å². The molecule has 0 heterocycles. The molecule has 0 bridgehead atoms. The number of nitrogens with zero attached hydrogens (tertiary/aromatic N) is 1. The number of benzene rings is 1. The van der Waals surface area contributed by atoms with Crippen molar-refractivity contribution in [2.45, 2.75) is 20.0 Å². The van der Waals surface area contributed by atoms with Crippen LogP contribution in [0, 0.1) is 0 Å². The van der Waals surface area contributed by atoms with E-state index in [-0.39, 0.29) is 11.6 Å². The molecule has 0 atom stereocenters. The number of carbonyl (C=O) groups excluding carboxylic acids is 1. The van der Waals surface area contributed by atoms with Crippen LogP contribution in [-0.2, 0) is 4.79 Å². The first-order valence-corrected chi connectivity index (χ1v) is 5.66. The number of halogens is 3. The van der Waals surface area contributed by atoms with Crippen molar-refractivity contribution in [1.82, 2.24) is 0 Å². The zero-order valence-electron chi connectivity index (χ0n) is 11.0. The van der Waals surface area contributed by atoms with E-state index < -0.39 is 11.9 Å². The van der Waals surface area contributed by atoms with Crippen LogP contribution in [0.5, 0.6) is 0 Å². The SMILES string of the molecule is CC(=O)Nc1ccc(N=C(C)C=C(N)C(F)(F)F)cc1. The largest absolute Gasteiger partial charge is 0.430 e. The predicted octanol–water partition coefficient (Wildman–Crippen LogP) is 3.14. The number of nitrogens with two attached hydrogens (primary N) is 1. The summed E-state index contributed by atoms with van der Waals surface area (Å²) in [6.45, 7) is 2.79. The topological polar surface area (TPSA) is 67.5 Å². The molecule has 0 aromatic heterocycles. The highest BCUT2D eigenvalue weighted by Crippen LogP contribution is 2.22. The molecular formula is C13H14F3N3O. The summed E-state index contributed by atoms with van der Waals surface area (Å²) in [6.07, 6.45) is -3.80. The summed E-state index contributed by atoms with van der Waals surface area (Å²) in [6, 6.07) is 6.35. The second-order valence-electron chi connectivity index (χ2n) is 4.08. The molecule has 0 aliphatic carbocycles. The normalized spacial score (nSPS) is 13.2. The highest BCUT2D eigenvalue weighted by molar-refractivity contribution is 5.95. The molecule has 0 saturated carbocycles. The molecule has 0 fully saturated rings. The molecule has 20 heavy (non-hydrogen) atoms. The fourth-order valence-electron chi connectivity index (χ4n) is 1.37. The molecule has 0 aliphatic rings.